The molecular weight excluding hydrogens is 372 g/mol. The standard InChI is InChI=1S/C22H30N2O5/c1-15-12-16(2-3-19(15)26)20(27)24-10-6-22(7-11-24)13-18(29-21(22)28)14-23-8-4-17(25)5-9-23/h2-3,12,17-18,25-26H,4-11,13-14H2,1H3. The molecular formula is C22H30N2O5. The van der Waals surface area contributed by atoms with E-state index in [0.29, 0.717) is 43.5 Å². The first-order valence-electron chi connectivity index (χ1n) is 10.6. The van der Waals surface area contributed by atoms with Gasteiger partial charge in [-0.15, -0.1) is 0 Å². The quantitative estimate of drug-likeness (QED) is 0.748. The van der Waals surface area contributed by atoms with Crippen LogP contribution in [0.5, 0.6) is 5.75 Å². The molecule has 3 aliphatic heterocycles. The predicted molar refractivity (Wildman–Crippen MR) is 107 cm³/mol. The molecule has 1 unspecified atom stereocenters. The van der Waals surface area contributed by atoms with Gasteiger partial charge in [0, 0.05) is 44.7 Å². The lowest BCUT2D eigenvalue weighted by Gasteiger charge is -2.36. The van der Waals surface area contributed by atoms with Crippen LogP contribution < -0.4 is 0 Å². The van der Waals surface area contributed by atoms with Crippen molar-refractivity contribution in [3.8, 4) is 5.75 Å². The molecule has 3 fully saturated rings. The summed E-state index contributed by atoms with van der Waals surface area (Å²) in [5.41, 5.74) is 0.772. The SMILES string of the molecule is Cc1cc(C(=O)N2CCC3(CC2)CC(CN2CCC(O)CC2)OC3=O)ccc1O. The minimum absolute atomic E-state index is 0.0576. The number of benzene rings is 1. The molecule has 158 valence electrons. The molecule has 7 heteroatoms. The van der Waals surface area contributed by atoms with Gasteiger partial charge in [0.15, 0.2) is 0 Å². The van der Waals surface area contributed by atoms with E-state index in [2.05, 4.69) is 4.90 Å². The molecule has 1 spiro atoms. The molecule has 4 rings (SSSR count). The summed E-state index contributed by atoms with van der Waals surface area (Å²) < 4.78 is 5.72. The third kappa shape index (κ3) is 4.12. The summed E-state index contributed by atoms with van der Waals surface area (Å²) in [6.07, 6.45) is 3.22. The van der Waals surface area contributed by atoms with Crippen molar-refractivity contribution in [3.63, 3.8) is 0 Å². The van der Waals surface area contributed by atoms with Gasteiger partial charge in [-0.3, -0.25) is 14.5 Å². The fourth-order valence-corrected chi connectivity index (χ4v) is 4.85. The van der Waals surface area contributed by atoms with E-state index >= 15 is 0 Å². The Hall–Kier alpha value is -2.12. The Morgan fingerprint density at radius 2 is 1.90 bits per heavy atom. The van der Waals surface area contributed by atoms with Gasteiger partial charge in [-0.25, -0.2) is 0 Å². The lowest BCUT2D eigenvalue weighted by atomic mass is 9.76. The maximum absolute atomic E-state index is 12.8. The number of likely N-dealkylation sites (tertiary alicyclic amines) is 2. The van der Waals surface area contributed by atoms with Crippen LogP contribution in [0.3, 0.4) is 0 Å². The van der Waals surface area contributed by atoms with Gasteiger partial charge in [0.05, 0.1) is 11.5 Å². The number of nitrogens with zero attached hydrogens (tertiary/aromatic N) is 2. The molecule has 0 aliphatic carbocycles. The number of aryl methyl sites for hydroxylation is 1. The van der Waals surface area contributed by atoms with Crippen LogP contribution in [0.1, 0.15) is 48.0 Å². The molecule has 0 radical (unpaired) electrons. The van der Waals surface area contributed by atoms with Gasteiger partial charge in [0.2, 0.25) is 0 Å². The number of hydrogen-bond acceptors (Lipinski definition) is 6. The number of phenols is 1. The largest absolute Gasteiger partial charge is 0.508 e. The first-order valence-corrected chi connectivity index (χ1v) is 10.6. The molecule has 0 aromatic heterocycles. The van der Waals surface area contributed by atoms with Crippen LogP contribution in [0.15, 0.2) is 18.2 Å². The fourth-order valence-electron chi connectivity index (χ4n) is 4.85. The lowest BCUT2D eigenvalue weighted by Crippen LogP contribution is -2.45. The number of phenolic OH excluding ortho intramolecular Hbond substituents is 1. The average molecular weight is 402 g/mol. The van der Waals surface area contributed by atoms with E-state index in [9.17, 15) is 19.8 Å². The number of piperidine rings is 2. The Morgan fingerprint density at radius 3 is 2.55 bits per heavy atom. The molecule has 7 nitrogen and oxygen atoms in total. The number of ether oxygens (including phenoxy) is 1. The first kappa shape index (κ1) is 20.2. The number of aliphatic hydroxyl groups excluding tert-OH is 1. The van der Waals surface area contributed by atoms with Crippen molar-refractivity contribution in [2.45, 2.75) is 51.2 Å². The molecule has 3 saturated heterocycles. The van der Waals surface area contributed by atoms with Crippen molar-refractivity contribution < 1.29 is 24.5 Å². The maximum atomic E-state index is 12.8. The van der Waals surface area contributed by atoms with Gasteiger partial charge in [-0.1, -0.05) is 0 Å². The molecule has 1 amide bonds. The number of aliphatic hydroxyl groups is 1. The number of carbonyl (C=O) groups excluding carboxylic acids is 2. The highest BCUT2D eigenvalue weighted by molar-refractivity contribution is 5.95. The van der Waals surface area contributed by atoms with E-state index in [1.165, 1.54) is 0 Å². The average Bonchev–Trinajstić information content (AvgIpc) is 3.00. The molecule has 29 heavy (non-hydrogen) atoms. The van der Waals surface area contributed by atoms with Gasteiger partial charge in [-0.05, 0) is 56.4 Å². The van der Waals surface area contributed by atoms with E-state index in [1.54, 1.807) is 30.0 Å². The van der Waals surface area contributed by atoms with Crippen molar-refractivity contribution in [1.29, 1.82) is 0 Å². The molecule has 3 aliphatic rings. The van der Waals surface area contributed by atoms with E-state index < -0.39 is 5.41 Å². The minimum atomic E-state index is -0.471. The zero-order chi connectivity index (χ0) is 20.6. The number of cyclic esters (lactones) is 1. The number of rotatable bonds is 3. The van der Waals surface area contributed by atoms with E-state index in [1.807, 2.05) is 0 Å². The van der Waals surface area contributed by atoms with Crippen molar-refractivity contribution in [1.82, 2.24) is 9.80 Å². The minimum Gasteiger partial charge on any atom is -0.508 e. The molecule has 1 aromatic rings. The highest BCUT2D eigenvalue weighted by atomic mass is 16.6. The number of aromatic hydroxyl groups is 1. The van der Waals surface area contributed by atoms with E-state index in [0.717, 1.165) is 32.5 Å². The maximum Gasteiger partial charge on any atom is 0.312 e. The van der Waals surface area contributed by atoms with Crippen molar-refractivity contribution in [3.05, 3.63) is 29.3 Å². The summed E-state index contributed by atoms with van der Waals surface area (Å²) in [4.78, 5) is 29.5. The summed E-state index contributed by atoms with van der Waals surface area (Å²) in [6, 6.07) is 4.90. The molecule has 2 N–H and O–H groups in total. The predicted octanol–water partition coefficient (Wildman–Crippen LogP) is 1.70. The Labute approximate surface area is 171 Å². The van der Waals surface area contributed by atoms with E-state index in [4.69, 9.17) is 4.74 Å². The Balaban J connectivity index is 1.33. The smallest absolute Gasteiger partial charge is 0.312 e. The topological polar surface area (TPSA) is 90.3 Å². The van der Waals surface area contributed by atoms with Gasteiger partial charge in [0.1, 0.15) is 11.9 Å². The summed E-state index contributed by atoms with van der Waals surface area (Å²) >= 11 is 0. The third-order valence-electron chi connectivity index (χ3n) is 6.80. The fraction of sp³-hybridized carbons (Fsp3) is 0.636. The van der Waals surface area contributed by atoms with Gasteiger partial charge in [0.25, 0.3) is 5.91 Å². The zero-order valence-corrected chi connectivity index (χ0v) is 17.0. The monoisotopic (exact) mass is 402 g/mol. The number of hydrogen-bond donors (Lipinski definition) is 2. The summed E-state index contributed by atoms with van der Waals surface area (Å²) in [5.74, 6) is 0.00645. The number of carbonyl (C=O) groups is 2. The number of esters is 1. The third-order valence-corrected chi connectivity index (χ3v) is 6.80. The van der Waals surface area contributed by atoms with Crippen molar-refractivity contribution in [2.24, 2.45) is 5.41 Å². The molecule has 1 atom stereocenters. The summed E-state index contributed by atoms with van der Waals surface area (Å²) in [7, 11) is 0. The molecule has 3 heterocycles. The van der Waals surface area contributed by atoms with Crippen molar-refractivity contribution in [2.75, 3.05) is 32.7 Å². The highest BCUT2D eigenvalue weighted by Crippen LogP contribution is 2.43. The second-order valence-corrected chi connectivity index (χ2v) is 8.84. The van der Waals surface area contributed by atoms with Gasteiger partial charge < -0.3 is 19.8 Å². The van der Waals surface area contributed by atoms with Crippen LogP contribution in [0.25, 0.3) is 0 Å². The van der Waals surface area contributed by atoms with E-state index in [-0.39, 0.29) is 29.8 Å². The Morgan fingerprint density at radius 1 is 1.21 bits per heavy atom. The second kappa shape index (κ2) is 7.95. The Kier molecular flexibility index (Phi) is 5.53. The molecule has 0 saturated carbocycles. The normalized spacial score (nSPS) is 25.4. The molecule has 0 bridgehead atoms. The Bertz CT molecular complexity index is 779. The van der Waals surface area contributed by atoms with Crippen LogP contribution in [0, 0.1) is 12.3 Å². The number of amides is 1. The second-order valence-electron chi connectivity index (χ2n) is 8.84. The summed E-state index contributed by atoms with van der Waals surface area (Å²) in [5, 5.41) is 19.3. The summed E-state index contributed by atoms with van der Waals surface area (Å²) in [6.45, 7) is 5.27. The van der Waals surface area contributed by atoms with Gasteiger partial charge >= 0.3 is 5.97 Å². The zero-order valence-electron chi connectivity index (χ0n) is 17.0. The lowest BCUT2D eigenvalue weighted by molar-refractivity contribution is -0.151. The van der Waals surface area contributed by atoms with Crippen molar-refractivity contribution >= 4 is 11.9 Å². The van der Waals surface area contributed by atoms with Crippen LogP contribution in [-0.2, 0) is 9.53 Å². The van der Waals surface area contributed by atoms with Gasteiger partial charge in [-0.2, -0.15) is 0 Å². The van der Waals surface area contributed by atoms with Crippen LogP contribution >= 0.6 is 0 Å². The first-order chi connectivity index (χ1) is 13.9. The van der Waals surface area contributed by atoms with Crippen LogP contribution in [-0.4, -0.2) is 76.8 Å². The van der Waals surface area contributed by atoms with Crippen LogP contribution in [0.2, 0.25) is 0 Å². The highest BCUT2D eigenvalue weighted by Gasteiger charge is 2.51. The molecule has 1 aromatic carbocycles. The van der Waals surface area contributed by atoms with Crippen LogP contribution in [0.4, 0.5) is 0 Å².